The van der Waals surface area contributed by atoms with Gasteiger partial charge in [-0.3, -0.25) is 9.99 Å². The van der Waals surface area contributed by atoms with Crippen molar-refractivity contribution in [1.29, 1.82) is 0 Å². The van der Waals surface area contributed by atoms with E-state index in [0.29, 0.717) is 0 Å². The molecular formula is C20H26N6. The number of piperazine rings is 1. The van der Waals surface area contributed by atoms with E-state index in [4.69, 9.17) is 10.1 Å². The zero-order chi connectivity index (χ0) is 18.1. The minimum absolute atomic E-state index is 0.155. The third-order valence-corrected chi connectivity index (χ3v) is 5.15. The molecule has 0 saturated carbocycles. The van der Waals surface area contributed by atoms with Crippen molar-refractivity contribution in [3.8, 4) is 11.4 Å². The van der Waals surface area contributed by atoms with Gasteiger partial charge in [-0.2, -0.15) is 5.10 Å². The van der Waals surface area contributed by atoms with E-state index in [0.717, 1.165) is 67.4 Å². The molecule has 3 heterocycles. The van der Waals surface area contributed by atoms with E-state index in [1.54, 1.807) is 12.4 Å². The van der Waals surface area contributed by atoms with Gasteiger partial charge in [0.2, 0.25) is 0 Å². The third-order valence-electron chi connectivity index (χ3n) is 5.15. The molecule has 0 spiro atoms. The number of nitrogens with zero attached hydrogens (tertiary/aromatic N) is 6. The number of hydrogen-bond acceptors (Lipinski definition) is 6. The summed E-state index contributed by atoms with van der Waals surface area (Å²) < 4.78 is 0. The van der Waals surface area contributed by atoms with Crippen LogP contribution in [0.25, 0.3) is 11.4 Å². The first-order valence-electron chi connectivity index (χ1n) is 9.28. The van der Waals surface area contributed by atoms with Crippen LogP contribution in [0.5, 0.6) is 0 Å². The van der Waals surface area contributed by atoms with Crippen molar-refractivity contribution in [3.05, 3.63) is 42.0 Å². The van der Waals surface area contributed by atoms with Gasteiger partial charge in [0, 0.05) is 55.9 Å². The van der Waals surface area contributed by atoms with Crippen LogP contribution in [0.2, 0.25) is 0 Å². The molecule has 0 N–H and O–H groups in total. The smallest absolute Gasteiger partial charge is 0.159 e. The van der Waals surface area contributed by atoms with Gasteiger partial charge >= 0.3 is 0 Å². The van der Waals surface area contributed by atoms with Crippen LogP contribution in [0.1, 0.15) is 31.5 Å². The summed E-state index contributed by atoms with van der Waals surface area (Å²) in [5.74, 6) is 0.766. The molecule has 0 amide bonds. The van der Waals surface area contributed by atoms with Crippen molar-refractivity contribution in [2.45, 2.75) is 26.7 Å². The molecule has 4 rings (SSSR count). The van der Waals surface area contributed by atoms with Gasteiger partial charge in [-0.05, 0) is 37.4 Å². The maximum absolute atomic E-state index is 5.00. The lowest BCUT2D eigenvalue weighted by Gasteiger charge is -2.35. The van der Waals surface area contributed by atoms with Crippen LogP contribution in [-0.4, -0.2) is 63.8 Å². The predicted molar refractivity (Wildman–Crippen MR) is 103 cm³/mol. The molecule has 136 valence electrons. The van der Waals surface area contributed by atoms with Crippen molar-refractivity contribution < 1.29 is 0 Å². The van der Waals surface area contributed by atoms with Gasteiger partial charge in [0.1, 0.15) is 0 Å². The van der Waals surface area contributed by atoms with Gasteiger partial charge in [-0.25, -0.2) is 9.97 Å². The van der Waals surface area contributed by atoms with E-state index in [-0.39, 0.29) is 5.41 Å². The number of rotatable bonds is 2. The molecule has 1 aliphatic heterocycles. The molecule has 1 fully saturated rings. The summed E-state index contributed by atoms with van der Waals surface area (Å²) in [6.45, 7) is 8.67. The fourth-order valence-electron chi connectivity index (χ4n) is 3.65. The Kier molecular flexibility index (Phi) is 4.44. The number of likely N-dealkylation sites (N-methyl/N-ethyl adjacent to an activating group) is 1. The maximum atomic E-state index is 5.00. The summed E-state index contributed by atoms with van der Waals surface area (Å²) in [4.78, 5) is 15.9. The third kappa shape index (κ3) is 3.60. The topological polar surface area (TPSA) is 57.5 Å². The van der Waals surface area contributed by atoms with Crippen molar-refractivity contribution in [1.82, 2.24) is 24.9 Å². The molecule has 26 heavy (non-hydrogen) atoms. The average molecular weight is 350 g/mol. The zero-order valence-electron chi connectivity index (χ0n) is 15.8. The predicted octanol–water partition coefficient (Wildman–Crippen LogP) is 2.46. The molecule has 0 atom stereocenters. The molecule has 0 bridgehead atoms. The Bertz CT molecular complexity index is 806. The Labute approximate surface area is 155 Å². The fourth-order valence-corrected chi connectivity index (χ4v) is 3.65. The van der Waals surface area contributed by atoms with Crippen LogP contribution < -0.4 is 0 Å². The second-order valence-corrected chi connectivity index (χ2v) is 8.11. The first-order chi connectivity index (χ1) is 12.5. The van der Waals surface area contributed by atoms with Gasteiger partial charge in [0.15, 0.2) is 5.82 Å². The largest absolute Gasteiger partial charge is 0.303 e. The van der Waals surface area contributed by atoms with Crippen LogP contribution in [0, 0.1) is 5.41 Å². The number of fused-ring (bicyclic) bond motifs is 1. The van der Waals surface area contributed by atoms with Gasteiger partial charge in [0.25, 0.3) is 0 Å². The Morgan fingerprint density at radius 1 is 1.04 bits per heavy atom. The summed E-state index contributed by atoms with van der Waals surface area (Å²) >= 11 is 0. The first kappa shape index (κ1) is 17.1. The summed E-state index contributed by atoms with van der Waals surface area (Å²) in [7, 11) is 2.16. The summed E-state index contributed by atoms with van der Waals surface area (Å²) in [6.07, 6.45) is 7.43. The number of hydrogen-bond donors (Lipinski definition) is 0. The lowest BCUT2D eigenvalue weighted by atomic mass is 9.75. The van der Waals surface area contributed by atoms with E-state index in [9.17, 15) is 0 Å². The first-order valence-corrected chi connectivity index (χ1v) is 9.28. The summed E-state index contributed by atoms with van der Waals surface area (Å²) in [5, 5.41) is 7.21. The van der Waals surface area contributed by atoms with Crippen LogP contribution >= 0.6 is 0 Å². The molecule has 1 saturated heterocycles. The molecule has 2 aromatic rings. The van der Waals surface area contributed by atoms with E-state index >= 15 is 0 Å². The van der Waals surface area contributed by atoms with Crippen LogP contribution in [0.4, 0.5) is 0 Å². The normalized spacial score (nSPS) is 21.7. The molecular weight excluding hydrogens is 324 g/mol. The molecule has 0 radical (unpaired) electrons. The Morgan fingerprint density at radius 2 is 1.77 bits per heavy atom. The molecule has 2 aliphatic rings. The Hall–Kier alpha value is -2.34. The van der Waals surface area contributed by atoms with Crippen LogP contribution in [0.15, 0.2) is 35.8 Å². The van der Waals surface area contributed by atoms with E-state index in [1.807, 2.05) is 18.3 Å². The van der Waals surface area contributed by atoms with Crippen LogP contribution in [-0.2, 0) is 6.42 Å². The molecule has 2 aromatic heterocycles. The quantitative estimate of drug-likeness (QED) is 0.833. The number of hydrazone groups is 1. The Morgan fingerprint density at radius 3 is 2.50 bits per heavy atom. The zero-order valence-corrected chi connectivity index (χ0v) is 15.8. The lowest BCUT2D eigenvalue weighted by molar-refractivity contribution is 0.158. The van der Waals surface area contributed by atoms with E-state index in [2.05, 4.69) is 40.8 Å². The maximum Gasteiger partial charge on any atom is 0.159 e. The fraction of sp³-hybridized carbons (Fsp3) is 0.500. The molecule has 0 unspecified atom stereocenters. The number of aromatic nitrogens is 3. The van der Waals surface area contributed by atoms with Crippen molar-refractivity contribution >= 4 is 5.71 Å². The second-order valence-electron chi connectivity index (χ2n) is 8.11. The van der Waals surface area contributed by atoms with Gasteiger partial charge in [-0.1, -0.05) is 13.8 Å². The van der Waals surface area contributed by atoms with Crippen molar-refractivity contribution in [2.24, 2.45) is 10.5 Å². The molecule has 6 heteroatoms. The summed E-state index contributed by atoms with van der Waals surface area (Å²) in [5.41, 5.74) is 4.50. The van der Waals surface area contributed by atoms with E-state index in [1.165, 1.54) is 0 Å². The molecule has 1 aliphatic carbocycles. The van der Waals surface area contributed by atoms with Crippen LogP contribution in [0.3, 0.4) is 0 Å². The monoisotopic (exact) mass is 350 g/mol. The highest BCUT2D eigenvalue weighted by Gasteiger charge is 2.32. The SMILES string of the molecule is CN1CCN(/N=C2\CC(C)(C)Cc3nc(-c4ccncc4)ncc32)CC1. The van der Waals surface area contributed by atoms with Gasteiger partial charge < -0.3 is 4.90 Å². The lowest BCUT2D eigenvalue weighted by Crippen LogP contribution is -2.42. The average Bonchev–Trinajstić information content (AvgIpc) is 2.63. The Balaban J connectivity index is 1.68. The standard InChI is InChI=1S/C20H26N6/c1-20(2)12-17-16(14-22-19(23-17)15-4-6-21-7-5-15)18(13-20)24-26-10-8-25(3)9-11-26/h4-7,14H,8-13H2,1-3H3/b24-18+. The van der Waals surface area contributed by atoms with Crippen molar-refractivity contribution in [2.75, 3.05) is 33.2 Å². The summed E-state index contributed by atoms with van der Waals surface area (Å²) in [6, 6.07) is 3.91. The minimum Gasteiger partial charge on any atom is -0.303 e. The highest BCUT2D eigenvalue weighted by Crippen LogP contribution is 2.35. The van der Waals surface area contributed by atoms with Gasteiger partial charge in [0.05, 0.1) is 11.4 Å². The van der Waals surface area contributed by atoms with Crippen molar-refractivity contribution in [3.63, 3.8) is 0 Å². The molecule has 0 aromatic carbocycles. The second kappa shape index (κ2) is 6.76. The highest BCUT2D eigenvalue weighted by molar-refractivity contribution is 6.02. The minimum atomic E-state index is 0.155. The number of pyridine rings is 1. The van der Waals surface area contributed by atoms with Gasteiger partial charge in [-0.15, -0.1) is 0 Å². The van der Waals surface area contributed by atoms with E-state index < -0.39 is 0 Å². The molecule has 6 nitrogen and oxygen atoms in total. The highest BCUT2D eigenvalue weighted by atomic mass is 15.5.